The van der Waals surface area contributed by atoms with Gasteiger partial charge in [-0.15, -0.1) is 0 Å². The molecule has 2 atom stereocenters. The van der Waals surface area contributed by atoms with Crippen molar-refractivity contribution in [3.05, 3.63) is 29.8 Å². The third-order valence-corrected chi connectivity index (χ3v) is 4.01. The molecule has 1 heterocycles. The van der Waals surface area contributed by atoms with Crippen molar-refractivity contribution in [1.29, 1.82) is 0 Å². The Morgan fingerprint density at radius 1 is 1.44 bits per heavy atom. The Balaban J connectivity index is 1.99. The van der Waals surface area contributed by atoms with Crippen molar-refractivity contribution in [3.63, 3.8) is 0 Å². The summed E-state index contributed by atoms with van der Waals surface area (Å²) in [6.07, 6.45) is 2.30. The molecular formula is C15H24N2O. The summed E-state index contributed by atoms with van der Waals surface area (Å²) in [7, 11) is 3.98. The Morgan fingerprint density at radius 2 is 2.22 bits per heavy atom. The van der Waals surface area contributed by atoms with E-state index in [2.05, 4.69) is 36.3 Å². The number of rotatable bonds is 5. The Kier molecular flexibility index (Phi) is 4.61. The van der Waals surface area contributed by atoms with Gasteiger partial charge >= 0.3 is 0 Å². The number of nitrogens with zero attached hydrogens (tertiary/aromatic N) is 1. The summed E-state index contributed by atoms with van der Waals surface area (Å²) in [5.41, 5.74) is 1.30. The summed E-state index contributed by atoms with van der Waals surface area (Å²) in [6.45, 7) is 4.56. The molecule has 3 nitrogen and oxygen atoms in total. The van der Waals surface area contributed by atoms with Gasteiger partial charge in [0.15, 0.2) is 0 Å². The number of ether oxygens (including phenoxy) is 1. The van der Waals surface area contributed by atoms with Gasteiger partial charge in [0, 0.05) is 18.6 Å². The first-order chi connectivity index (χ1) is 8.72. The molecule has 18 heavy (non-hydrogen) atoms. The lowest BCUT2D eigenvalue weighted by Crippen LogP contribution is -2.40. The van der Waals surface area contributed by atoms with Crippen LogP contribution < -0.4 is 10.1 Å². The van der Waals surface area contributed by atoms with Crippen LogP contribution in [0.3, 0.4) is 0 Å². The topological polar surface area (TPSA) is 24.5 Å². The molecule has 1 aliphatic heterocycles. The highest BCUT2D eigenvalue weighted by Gasteiger charge is 2.23. The minimum atomic E-state index is 0.534. The van der Waals surface area contributed by atoms with Gasteiger partial charge in [0.05, 0.1) is 7.11 Å². The number of hydrogen-bond acceptors (Lipinski definition) is 3. The van der Waals surface area contributed by atoms with Crippen LogP contribution in [0.1, 0.15) is 18.9 Å². The molecule has 1 saturated heterocycles. The number of methoxy groups -OCH3 is 1. The first kappa shape index (κ1) is 13.4. The fourth-order valence-electron chi connectivity index (χ4n) is 2.68. The fourth-order valence-corrected chi connectivity index (χ4v) is 2.68. The van der Waals surface area contributed by atoms with E-state index in [0.29, 0.717) is 12.1 Å². The lowest BCUT2D eigenvalue weighted by atomic mass is 10.0. The van der Waals surface area contributed by atoms with Gasteiger partial charge < -0.3 is 10.1 Å². The zero-order valence-corrected chi connectivity index (χ0v) is 11.6. The standard InChI is InChI=1S/C15H24N2O/c1-12(17(2)14-8-9-16-11-14)10-13-6-4-5-7-15(13)18-3/h4-7,12,14,16H,8-11H2,1-3H3. The molecule has 1 aromatic carbocycles. The van der Waals surface area contributed by atoms with Crippen molar-refractivity contribution in [2.75, 3.05) is 27.2 Å². The quantitative estimate of drug-likeness (QED) is 0.861. The molecule has 3 heteroatoms. The molecule has 2 rings (SSSR count). The second-order valence-corrected chi connectivity index (χ2v) is 5.18. The second-order valence-electron chi connectivity index (χ2n) is 5.18. The van der Waals surface area contributed by atoms with Gasteiger partial charge in [-0.25, -0.2) is 0 Å². The zero-order valence-electron chi connectivity index (χ0n) is 11.6. The third kappa shape index (κ3) is 3.03. The van der Waals surface area contributed by atoms with Crippen molar-refractivity contribution in [2.45, 2.75) is 31.8 Å². The Bertz CT molecular complexity index is 375. The van der Waals surface area contributed by atoms with Crippen LogP contribution in [0.15, 0.2) is 24.3 Å². The van der Waals surface area contributed by atoms with Crippen LogP contribution in [0.2, 0.25) is 0 Å². The first-order valence-corrected chi connectivity index (χ1v) is 6.77. The summed E-state index contributed by atoms with van der Waals surface area (Å²) >= 11 is 0. The summed E-state index contributed by atoms with van der Waals surface area (Å²) in [6, 6.07) is 9.52. The van der Waals surface area contributed by atoms with Crippen LogP contribution in [-0.4, -0.2) is 44.2 Å². The Morgan fingerprint density at radius 3 is 2.89 bits per heavy atom. The van der Waals surface area contributed by atoms with E-state index >= 15 is 0 Å². The maximum atomic E-state index is 5.42. The number of benzene rings is 1. The molecule has 0 saturated carbocycles. The number of likely N-dealkylation sites (N-methyl/N-ethyl adjacent to an activating group) is 1. The van der Waals surface area contributed by atoms with Crippen molar-refractivity contribution in [1.82, 2.24) is 10.2 Å². The number of hydrogen-bond donors (Lipinski definition) is 1. The monoisotopic (exact) mass is 248 g/mol. The van der Waals surface area contributed by atoms with Gasteiger partial charge in [-0.1, -0.05) is 18.2 Å². The molecule has 0 bridgehead atoms. The van der Waals surface area contributed by atoms with Gasteiger partial charge in [0.25, 0.3) is 0 Å². The van der Waals surface area contributed by atoms with Gasteiger partial charge in [-0.2, -0.15) is 0 Å². The molecule has 100 valence electrons. The van der Waals surface area contributed by atoms with Gasteiger partial charge in [-0.05, 0) is 45.0 Å². The molecule has 2 unspecified atom stereocenters. The molecule has 0 aromatic heterocycles. The highest BCUT2D eigenvalue weighted by Crippen LogP contribution is 2.21. The van der Waals surface area contributed by atoms with Crippen LogP contribution in [0.4, 0.5) is 0 Å². The summed E-state index contributed by atoms with van der Waals surface area (Å²) in [4.78, 5) is 2.49. The maximum absolute atomic E-state index is 5.42. The largest absolute Gasteiger partial charge is 0.496 e. The molecule has 0 spiro atoms. The predicted octanol–water partition coefficient (Wildman–Crippen LogP) is 1.92. The van der Waals surface area contributed by atoms with E-state index in [-0.39, 0.29) is 0 Å². The second kappa shape index (κ2) is 6.21. The van der Waals surface area contributed by atoms with E-state index in [9.17, 15) is 0 Å². The van der Waals surface area contributed by atoms with Gasteiger partial charge in [-0.3, -0.25) is 4.90 Å². The van der Waals surface area contributed by atoms with Crippen molar-refractivity contribution >= 4 is 0 Å². The predicted molar refractivity (Wildman–Crippen MR) is 75.2 cm³/mol. The Labute approximate surface area is 110 Å². The lowest BCUT2D eigenvalue weighted by Gasteiger charge is -2.30. The van der Waals surface area contributed by atoms with E-state index in [4.69, 9.17) is 4.74 Å². The zero-order chi connectivity index (χ0) is 13.0. The van der Waals surface area contributed by atoms with Crippen LogP contribution in [0.25, 0.3) is 0 Å². The van der Waals surface area contributed by atoms with E-state index in [1.54, 1.807) is 7.11 Å². The number of nitrogens with one attached hydrogen (secondary N) is 1. The molecule has 1 aliphatic rings. The van der Waals surface area contributed by atoms with Gasteiger partial charge in [0.2, 0.25) is 0 Å². The highest BCUT2D eigenvalue weighted by atomic mass is 16.5. The summed E-state index contributed by atoms with van der Waals surface area (Å²) in [5, 5.41) is 3.43. The van der Waals surface area contributed by atoms with Crippen molar-refractivity contribution in [3.8, 4) is 5.75 Å². The van der Waals surface area contributed by atoms with Crippen molar-refractivity contribution in [2.24, 2.45) is 0 Å². The highest BCUT2D eigenvalue weighted by molar-refractivity contribution is 5.33. The minimum Gasteiger partial charge on any atom is -0.496 e. The van der Waals surface area contributed by atoms with Gasteiger partial charge in [0.1, 0.15) is 5.75 Å². The lowest BCUT2D eigenvalue weighted by molar-refractivity contribution is 0.193. The minimum absolute atomic E-state index is 0.534. The average Bonchev–Trinajstić information content (AvgIpc) is 2.92. The summed E-state index contributed by atoms with van der Waals surface area (Å²) in [5.74, 6) is 1.00. The van der Waals surface area contributed by atoms with Crippen LogP contribution in [-0.2, 0) is 6.42 Å². The number of para-hydroxylation sites is 1. The molecule has 1 aromatic rings. The average molecular weight is 248 g/mol. The third-order valence-electron chi connectivity index (χ3n) is 4.01. The SMILES string of the molecule is COc1ccccc1CC(C)N(C)C1CCNC1. The summed E-state index contributed by atoms with van der Waals surface area (Å²) < 4.78 is 5.42. The van der Waals surface area contributed by atoms with Crippen LogP contribution in [0.5, 0.6) is 5.75 Å². The Hall–Kier alpha value is -1.06. The molecule has 0 radical (unpaired) electrons. The molecule has 1 N–H and O–H groups in total. The fraction of sp³-hybridized carbons (Fsp3) is 0.600. The van der Waals surface area contributed by atoms with E-state index in [1.807, 2.05) is 12.1 Å². The first-order valence-electron chi connectivity index (χ1n) is 6.77. The molecule has 0 amide bonds. The smallest absolute Gasteiger partial charge is 0.122 e. The van der Waals surface area contributed by atoms with Crippen molar-refractivity contribution < 1.29 is 4.74 Å². The van der Waals surface area contributed by atoms with Crippen LogP contribution >= 0.6 is 0 Å². The van der Waals surface area contributed by atoms with E-state index < -0.39 is 0 Å². The van der Waals surface area contributed by atoms with Crippen LogP contribution in [0, 0.1) is 0 Å². The normalized spacial score (nSPS) is 21.2. The van der Waals surface area contributed by atoms with E-state index in [1.165, 1.54) is 12.0 Å². The molecule has 1 fully saturated rings. The molecule has 0 aliphatic carbocycles. The maximum Gasteiger partial charge on any atom is 0.122 e. The molecular weight excluding hydrogens is 224 g/mol. The van der Waals surface area contributed by atoms with E-state index in [0.717, 1.165) is 25.3 Å².